The van der Waals surface area contributed by atoms with Crippen LogP contribution >= 0.6 is 0 Å². The van der Waals surface area contributed by atoms with Crippen LogP contribution in [0.2, 0.25) is 0 Å². The maximum atomic E-state index is 5.98. The monoisotopic (exact) mass is 207 g/mol. The number of aryl methyl sites for hydroxylation is 2. The van der Waals surface area contributed by atoms with Crippen molar-refractivity contribution in [1.82, 2.24) is 0 Å². The van der Waals surface area contributed by atoms with Gasteiger partial charge in [-0.25, -0.2) is 0 Å². The minimum absolute atomic E-state index is 0.0126. The molecule has 0 aliphatic carbocycles. The largest absolute Gasteiger partial charge is 0.490 e. The van der Waals surface area contributed by atoms with Gasteiger partial charge >= 0.3 is 0 Å². The van der Waals surface area contributed by atoms with Gasteiger partial charge in [0.05, 0.1) is 6.10 Å². The summed E-state index contributed by atoms with van der Waals surface area (Å²) < 4.78 is 5.84. The number of ether oxygens (including phenoxy) is 1. The summed E-state index contributed by atoms with van der Waals surface area (Å²) in [4.78, 5) is 0. The molecular formula is C13H21NO. The molecule has 0 bridgehead atoms. The molecule has 0 aromatic heterocycles. The first-order chi connectivity index (χ1) is 6.93. The Hall–Kier alpha value is -1.02. The van der Waals surface area contributed by atoms with Crippen LogP contribution in [0, 0.1) is 13.8 Å². The van der Waals surface area contributed by atoms with E-state index in [0.29, 0.717) is 0 Å². The molecule has 1 atom stereocenters. The van der Waals surface area contributed by atoms with E-state index in [1.54, 1.807) is 0 Å². The van der Waals surface area contributed by atoms with E-state index in [1.807, 2.05) is 20.8 Å². The smallest absolute Gasteiger partial charge is 0.127 e. The van der Waals surface area contributed by atoms with E-state index < -0.39 is 0 Å². The predicted octanol–water partition coefficient (Wildman–Crippen LogP) is 3.11. The SMILES string of the molecule is Cc1ccc(C)c(C(C)N)c1OC(C)C. The van der Waals surface area contributed by atoms with Crippen molar-refractivity contribution in [2.45, 2.75) is 46.8 Å². The summed E-state index contributed by atoms with van der Waals surface area (Å²) in [6.45, 7) is 10.2. The summed E-state index contributed by atoms with van der Waals surface area (Å²) in [6, 6.07) is 4.19. The number of hydrogen-bond acceptors (Lipinski definition) is 2. The Labute approximate surface area is 92.4 Å². The van der Waals surface area contributed by atoms with Crippen molar-refractivity contribution in [2.24, 2.45) is 5.73 Å². The minimum Gasteiger partial charge on any atom is -0.490 e. The normalized spacial score (nSPS) is 13.0. The molecule has 2 nitrogen and oxygen atoms in total. The van der Waals surface area contributed by atoms with Gasteiger partial charge in [-0.1, -0.05) is 12.1 Å². The molecule has 0 saturated heterocycles. The second-order valence-corrected chi connectivity index (χ2v) is 4.40. The fraction of sp³-hybridized carbons (Fsp3) is 0.538. The van der Waals surface area contributed by atoms with Gasteiger partial charge in [-0.2, -0.15) is 0 Å². The zero-order chi connectivity index (χ0) is 11.6. The molecule has 2 heteroatoms. The van der Waals surface area contributed by atoms with Gasteiger partial charge in [-0.05, 0) is 45.7 Å². The summed E-state index contributed by atoms with van der Waals surface area (Å²) >= 11 is 0. The molecular weight excluding hydrogens is 186 g/mol. The van der Waals surface area contributed by atoms with Gasteiger partial charge in [0.1, 0.15) is 5.75 Å². The highest BCUT2D eigenvalue weighted by atomic mass is 16.5. The third-order valence-electron chi connectivity index (χ3n) is 2.42. The lowest BCUT2D eigenvalue weighted by molar-refractivity contribution is 0.237. The van der Waals surface area contributed by atoms with Gasteiger partial charge < -0.3 is 10.5 Å². The zero-order valence-corrected chi connectivity index (χ0v) is 10.3. The van der Waals surface area contributed by atoms with E-state index >= 15 is 0 Å². The Kier molecular flexibility index (Phi) is 3.75. The molecule has 0 fully saturated rings. The third kappa shape index (κ3) is 2.72. The summed E-state index contributed by atoms with van der Waals surface area (Å²) in [5.41, 5.74) is 9.46. The molecule has 0 radical (unpaired) electrons. The first-order valence-corrected chi connectivity index (χ1v) is 5.45. The van der Waals surface area contributed by atoms with Crippen molar-refractivity contribution in [3.8, 4) is 5.75 Å². The highest BCUT2D eigenvalue weighted by Gasteiger charge is 2.14. The molecule has 0 aliphatic rings. The highest BCUT2D eigenvalue weighted by Crippen LogP contribution is 2.31. The number of hydrogen-bond donors (Lipinski definition) is 1. The quantitative estimate of drug-likeness (QED) is 0.826. The van der Waals surface area contributed by atoms with Gasteiger partial charge in [0.2, 0.25) is 0 Å². The van der Waals surface area contributed by atoms with Crippen molar-refractivity contribution in [1.29, 1.82) is 0 Å². The number of benzene rings is 1. The van der Waals surface area contributed by atoms with Gasteiger partial charge in [-0.3, -0.25) is 0 Å². The van der Waals surface area contributed by atoms with Gasteiger partial charge in [0, 0.05) is 11.6 Å². The van der Waals surface area contributed by atoms with Crippen LogP contribution < -0.4 is 10.5 Å². The zero-order valence-electron chi connectivity index (χ0n) is 10.3. The molecule has 2 N–H and O–H groups in total. The third-order valence-corrected chi connectivity index (χ3v) is 2.42. The second-order valence-electron chi connectivity index (χ2n) is 4.40. The van der Waals surface area contributed by atoms with E-state index in [0.717, 1.165) is 16.9 Å². The number of rotatable bonds is 3. The fourth-order valence-corrected chi connectivity index (χ4v) is 1.76. The van der Waals surface area contributed by atoms with E-state index in [9.17, 15) is 0 Å². The minimum atomic E-state index is 0.0126. The molecule has 1 aromatic carbocycles. The average molecular weight is 207 g/mol. The lowest BCUT2D eigenvalue weighted by atomic mass is 9.98. The standard InChI is InChI=1S/C13H21NO/c1-8(2)15-13-10(4)7-6-9(3)12(13)11(5)14/h6-8,11H,14H2,1-5H3. The van der Waals surface area contributed by atoms with Crippen LogP contribution in [0.1, 0.15) is 43.5 Å². The van der Waals surface area contributed by atoms with Gasteiger partial charge in [0.25, 0.3) is 0 Å². The first kappa shape index (κ1) is 12.1. The molecule has 0 aliphatic heterocycles. The number of nitrogens with two attached hydrogens (primary N) is 1. The second kappa shape index (κ2) is 4.67. The molecule has 0 heterocycles. The average Bonchev–Trinajstić information content (AvgIpc) is 2.10. The maximum Gasteiger partial charge on any atom is 0.127 e. The molecule has 0 saturated carbocycles. The predicted molar refractivity (Wildman–Crippen MR) is 64.3 cm³/mol. The Morgan fingerprint density at radius 1 is 1.07 bits per heavy atom. The van der Waals surface area contributed by atoms with E-state index in [1.165, 1.54) is 5.56 Å². The van der Waals surface area contributed by atoms with Crippen LogP contribution in [0.3, 0.4) is 0 Å². The van der Waals surface area contributed by atoms with Crippen LogP contribution in [-0.4, -0.2) is 6.10 Å². The molecule has 1 rings (SSSR count). The molecule has 15 heavy (non-hydrogen) atoms. The lowest BCUT2D eigenvalue weighted by Crippen LogP contribution is -2.14. The molecule has 1 aromatic rings. The first-order valence-electron chi connectivity index (χ1n) is 5.45. The Bertz CT molecular complexity index is 343. The van der Waals surface area contributed by atoms with Crippen molar-refractivity contribution in [3.63, 3.8) is 0 Å². The van der Waals surface area contributed by atoms with Crippen LogP contribution in [0.4, 0.5) is 0 Å². The summed E-state index contributed by atoms with van der Waals surface area (Å²) in [7, 11) is 0. The van der Waals surface area contributed by atoms with Crippen LogP contribution in [0.5, 0.6) is 5.75 Å². The van der Waals surface area contributed by atoms with Crippen LogP contribution in [-0.2, 0) is 0 Å². The van der Waals surface area contributed by atoms with Crippen LogP contribution in [0.25, 0.3) is 0 Å². The Balaban J connectivity index is 3.25. The van der Waals surface area contributed by atoms with E-state index in [2.05, 4.69) is 26.0 Å². The van der Waals surface area contributed by atoms with Gasteiger partial charge in [0.15, 0.2) is 0 Å². The molecule has 0 spiro atoms. The van der Waals surface area contributed by atoms with Gasteiger partial charge in [-0.15, -0.1) is 0 Å². The molecule has 0 amide bonds. The van der Waals surface area contributed by atoms with Crippen molar-refractivity contribution in [2.75, 3.05) is 0 Å². The van der Waals surface area contributed by atoms with Crippen molar-refractivity contribution < 1.29 is 4.74 Å². The fourth-order valence-electron chi connectivity index (χ4n) is 1.76. The lowest BCUT2D eigenvalue weighted by Gasteiger charge is -2.20. The van der Waals surface area contributed by atoms with Crippen molar-refractivity contribution in [3.05, 3.63) is 28.8 Å². The maximum absolute atomic E-state index is 5.98. The van der Waals surface area contributed by atoms with E-state index in [4.69, 9.17) is 10.5 Å². The summed E-state index contributed by atoms with van der Waals surface area (Å²) in [5.74, 6) is 0.958. The Morgan fingerprint density at radius 2 is 1.60 bits per heavy atom. The van der Waals surface area contributed by atoms with Crippen LogP contribution in [0.15, 0.2) is 12.1 Å². The topological polar surface area (TPSA) is 35.2 Å². The Morgan fingerprint density at radius 3 is 2.07 bits per heavy atom. The highest BCUT2D eigenvalue weighted by molar-refractivity contribution is 5.47. The summed E-state index contributed by atoms with van der Waals surface area (Å²) in [6.07, 6.45) is 0.183. The van der Waals surface area contributed by atoms with Crippen molar-refractivity contribution >= 4 is 0 Å². The molecule has 84 valence electrons. The molecule has 1 unspecified atom stereocenters. The summed E-state index contributed by atoms with van der Waals surface area (Å²) in [5, 5.41) is 0. The van der Waals surface area contributed by atoms with E-state index in [-0.39, 0.29) is 12.1 Å².